The number of rotatable bonds is 2. The zero-order chi connectivity index (χ0) is 19.3. The highest BCUT2D eigenvalue weighted by atomic mass is 79.9. The topological polar surface area (TPSA) is 53.6 Å². The number of furan rings is 1. The molecule has 1 heterocycles. The van der Waals surface area contributed by atoms with Gasteiger partial charge in [0.2, 0.25) is 0 Å². The van der Waals surface area contributed by atoms with Gasteiger partial charge in [0.15, 0.2) is 0 Å². The molecule has 3 aromatic carbocycles. The van der Waals surface area contributed by atoms with Gasteiger partial charge < -0.3 is 14.6 Å². The summed E-state index contributed by atoms with van der Waals surface area (Å²) in [5, 5.41) is 21.9. The molecule has 0 spiro atoms. The number of phenols is 2. The lowest BCUT2D eigenvalue weighted by atomic mass is 10.0. The Bertz CT molecular complexity index is 1060. The van der Waals surface area contributed by atoms with Crippen molar-refractivity contribution in [3.8, 4) is 34.1 Å². The van der Waals surface area contributed by atoms with Crippen molar-refractivity contribution in [1.82, 2.24) is 0 Å². The third-order valence-electron chi connectivity index (χ3n) is 4.18. The minimum Gasteiger partial charge on any atom is -0.506 e. The largest absolute Gasteiger partial charge is 0.506 e. The van der Waals surface area contributed by atoms with Gasteiger partial charge >= 0.3 is 0 Å². The first-order valence-corrected chi connectivity index (χ1v) is 10.9. The molecule has 4 aromatic rings. The van der Waals surface area contributed by atoms with Crippen LogP contribution in [-0.2, 0) is 0 Å². The fourth-order valence-corrected chi connectivity index (χ4v) is 5.29. The Morgan fingerprint density at radius 1 is 0.593 bits per heavy atom. The van der Waals surface area contributed by atoms with E-state index in [1.807, 2.05) is 48.5 Å². The number of halogens is 4. The molecule has 2 N–H and O–H groups in total. The van der Waals surface area contributed by atoms with Gasteiger partial charge in [-0.25, -0.2) is 0 Å². The maximum Gasteiger partial charge on any atom is 0.143 e. The fraction of sp³-hybridized carbons (Fsp3) is 0. The Hall–Kier alpha value is -1.28. The average molecular weight is 618 g/mol. The minimum atomic E-state index is 0.140. The van der Waals surface area contributed by atoms with Gasteiger partial charge in [0, 0.05) is 21.9 Å². The standard InChI is InChI=1S/C20H10Br4O3/c21-13-5-9(6-14(22)17(13)25)19-11-3-1-2-4-12(11)20(27-19)10-7-15(23)18(26)16(24)8-10/h1-8,25-26H. The third-order valence-corrected chi connectivity index (χ3v) is 6.60. The van der Waals surface area contributed by atoms with Gasteiger partial charge in [-0.3, -0.25) is 0 Å². The van der Waals surface area contributed by atoms with Gasteiger partial charge in [-0.15, -0.1) is 0 Å². The SMILES string of the molecule is Oc1c(Br)cc(-c2oc(-c3cc(Br)c(O)c(Br)c3)c3ccccc23)cc1Br. The van der Waals surface area contributed by atoms with E-state index in [4.69, 9.17) is 4.42 Å². The van der Waals surface area contributed by atoms with Gasteiger partial charge in [0.1, 0.15) is 23.0 Å². The van der Waals surface area contributed by atoms with Crippen molar-refractivity contribution >= 4 is 74.5 Å². The molecule has 3 nitrogen and oxygen atoms in total. The third kappa shape index (κ3) is 3.35. The van der Waals surface area contributed by atoms with E-state index < -0.39 is 0 Å². The van der Waals surface area contributed by atoms with Crippen LogP contribution >= 0.6 is 63.7 Å². The summed E-state index contributed by atoms with van der Waals surface area (Å²) >= 11 is 13.5. The summed E-state index contributed by atoms with van der Waals surface area (Å²) in [7, 11) is 0. The molecule has 0 amide bonds. The lowest BCUT2D eigenvalue weighted by Crippen LogP contribution is -1.79. The number of phenolic OH excluding ortho intramolecular Hbond substituents is 2. The van der Waals surface area contributed by atoms with Crippen molar-refractivity contribution in [1.29, 1.82) is 0 Å². The molecule has 0 bridgehead atoms. The molecular weight excluding hydrogens is 608 g/mol. The monoisotopic (exact) mass is 614 g/mol. The minimum absolute atomic E-state index is 0.140. The van der Waals surface area contributed by atoms with E-state index in [0.29, 0.717) is 29.4 Å². The maximum absolute atomic E-state index is 10.0. The van der Waals surface area contributed by atoms with Gasteiger partial charge in [-0.1, -0.05) is 24.3 Å². The zero-order valence-electron chi connectivity index (χ0n) is 13.4. The summed E-state index contributed by atoms with van der Waals surface area (Å²) in [6, 6.07) is 15.2. The number of fused-ring (bicyclic) bond motifs is 1. The molecule has 7 heteroatoms. The van der Waals surface area contributed by atoms with Crippen LogP contribution in [0.25, 0.3) is 33.4 Å². The van der Waals surface area contributed by atoms with Crippen LogP contribution < -0.4 is 0 Å². The second-order valence-corrected chi connectivity index (χ2v) is 9.30. The Morgan fingerprint density at radius 2 is 0.926 bits per heavy atom. The molecule has 0 saturated carbocycles. The van der Waals surface area contributed by atoms with Crippen molar-refractivity contribution in [3.05, 3.63) is 66.4 Å². The van der Waals surface area contributed by atoms with Crippen LogP contribution in [0, 0.1) is 0 Å². The van der Waals surface area contributed by atoms with Crippen LogP contribution in [0.15, 0.2) is 70.8 Å². The summed E-state index contributed by atoms with van der Waals surface area (Å²) in [6.45, 7) is 0. The highest BCUT2D eigenvalue weighted by Crippen LogP contribution is 2.45. The van der Waals surface area contributed by atoms with E-state index in [0.717, 1.165) is 21.9 Å². The van der Waals surface area contributed by atoms with Crippen LogP contribution in [0.3, 0.4) is 0 Å². The summed E-state index contributed by atoms with van der Waals surface area (Å²) in [4.78, 5) is 0. The highest BCUT2D eigenvalue weighted by Gasteiger charge is 2.19. The number of hydrogen-bond donors (Lipinski definition) is 2. The van der Waals surface area contributed by atoms with Gasteiger partial charge in [-0.05, 0) is 88.0 Å². The summed E-state index contributed by atoms with van der Waals surface area (Å²) in [6.07, 6.45) is 0. The van der Waals surface area contributed by atoms with Crippen molar-refractivity contribution in [2.45, 2.75) is 0 Å². The quantitative estimate of drug-likeness (QED) is 0.238. The molecule has 4 rings (SSSR count). The molecule has 0 fully saturated rings. The smallest absolute Gasteiger partial charge is 0.143 e. The fourth-order valence-electron chi connectivity index (χ4n) is 2.91. The van der Waals surface area contributed by atoms with Gasteiger partial charge in [0.05, 0.1) is 17.9 Å². The number of aromatic hydroxyl groups is 2. The Balaban J connectivity index is 2.01. The van der Waals surface area contributed by atoms with E-state index in [9.17, 15) is 10.2 Å². The summed E-state index contributed by atoms with van der Waals surface area (Å²) in [5.41, 5.74) is 1.65. The molecule has 0 aliphatic rings. The number of benzene rings is 3. The van der Waals surface area contributed by atoms with Crippen molar-refractivity contribution in [2.75, 3.05) is 0 Å². The predicted molar refractivity (Wildman–Crippen MR) is 121 cm³/mol. The molecule has 27 heavy (non-hydrogen) atoms. The van der Waals surface area contributed by atoms with Crippen LogP contribution in [0.4, 0.5) is 0 Å². The van der Waals surface area contributed by atoms with E-state index in [1.165, 1.54) is 0 Å². The normalized spacial score (nSPS) is 11.3. The van der Waals surface area contributed by atoms with Crippen LogP contribution in [0.2, 0.25) is 0 Å². The van der Waals surface area contributed by atoms with Crippen LogP contribution in [-0.4, -0.2) is 10.2 Å². The first-order valence-electron chi connectivity index (χ1n) is 7.75. The first-order chi connectivity index (χ1) is 12.9. The van der Waals surface area contributed by atoms with Crippen LogP contribution in [0.5, 0.6) is 11.5 Å². The lowest BCUT2D eigenvalue weighted by Gasteiger charge is -2.05. The Labute approximate surface area is 188 Å². The van der Waals surface area contributed by atoms with Crippen molar-refractivity contribution < 1.29 is 14.6 Å². The first kappa shape index (κ1) is 19.1. The molecule has 0 atom stereocenters. The van der Waals surface area contributed by atoms with E-state index in [1.54, 1.807) is 0 Å². The van der Waals surface area contributed by atoms with Gasteiger partial charge in [0.25, 0.3) is 0 Å². The molecule has 0 radical (unpaired) electrons. The Morgan fingerprint density at radius 3 is 1.26 bits per heavy atom. The summed E-state index contributed by atoms with van der Waals surface area (Å²) in [5.74, 6) is 1.67. The molecule has 0 saturated heterocycles. The lowest BCUT2D eigenvalue weighted by molar-refractivity contribution is 0.468. The molecule has 0 unspecified atom stereocenters. The second kappa shape index (κ2) is 7.28. The predicted octanol–water partition coefficient (Wildman–Crippen LogP) is 8.23. The van der Waals surface area contributed by atoms with Gasteiger partial charge in [-0.2, -0.15) is 0 Å². The number of hydrogen-bond acceptors (Lipinski definition) is 3. The molecule has 1 aromatic heterocycles. The van der Waals surface area contributed by atoms with E-state index >= 15 is 0 Å². The molecule has 0 aliphatic carbocycles. The highest BCUT2D eigenvalue weighted by molar-refractivity contribution is 9.11. The van der Waals surface area contributed by atoms with Crippen molar-refractivity contribution in [2.24, 2.45) is 0 Å². The van der Waals surface area contributed by atoms with E-state index in [-0.39, 0.29) is 11.5 Å². The average Bonchev–Trinajstić information content (AvgIpc) is 3.03. The maximum atomic E-state index is 10.0. The molecular formula is C20H10Br4O3. The molecule has 0 aliphatic heterocycles. The zero-order valence-corrected chi connectivity index (χ0v) is 19.8. The van der Waals surface area contributed by atoms with Crippen molar-refractivity contribution in [3.63, 3.8) is 0 Å². The Kier molecular flexibility index (Phi) is 5.14. The second-order valence-electron chi connectivity index (χ2n) is 5.88. The van der Waals surface area contributed by atoms with Crippen LogP contribution in [0.1, 0.15) is 0 Å². The van der Waals surface area contributed by atoms with E-state index in [2.05, 4.69) is 63.7 Å². The summed E-state index contributed by atoms with van der Waals surface area (Å²) < 4.78 is 8.58. The molecule has 136 valence electrons.